The van der Waals surface area contributed by atoms with Gasteiger partial charge in [-0.25, -0.2) is 4.98 Å². The molecule has 1 rings (SSSR count). The highest BCUT2D eigenvalue weighted by molar-refractivity contribution is 5.76. The number of aromatic nitrogens is 2. The molecule has 1 aromatic heterocycles. The van der Waals surface area contributed by atoms with Crippen LogP contribution in [0.3, 0.4) is 0 Å². The molecule has 0 aliphatic rings. The summed E-state index contributed by atoms with van der Waals surface area (Å²) >= 11 is 0. The summed E-state index contributed by atoms with van der Waals surface area (Å²) in [5, 5.41) is 2.84. The van der Waals surface area contributed by atoms with Gasteiger partial charge in [-0.15, -0.1) is 0 Å². The van der Waals surface area contributed by atoms with E-state index in [1.165, 1.54) is 0 Å². The Bertz CT molecular complexity index is 319. The SMILES string of the molecule is CC(C)NC(=O)CCn1cncc1CN. The molecule has 0 saturated carbocycles. The van der Waals surface area contributed by atoms with E-state index in [0.717, 1.165) is 5.69 Å². The summed E-state index contributed by atoms with van der Waals surface area (Å²) < 4.78 is 1.90. The van der Waals surface area contributed by atoms with Crippen LogP contribution in [-0.2, 0) is 17.9 Å². The first-order chi connectivity index (χ1) is 7.13. The molecule has 15 heavy (non-hydrogen) atoms. The van der Waals surface area contributed by atoms with Crippen LogP contribution in [0.15, 0.2) is 12.5 Å². The van der Waals surface area contributed by atoms with Gasteiger partial charge >= 0.3 is 0 Å². The van der Waals surface area contributed by atoms with Crippen LogP contribution in [-0.4, -0.2) is 21.5 Å². The van der Waals surface area contributed by atoms with Crippen molar-refractivity contribution in [2.75, 3.05) is 0 Å². The van der Waals surface area contributed by atoms with E-state index in [4.69, 9.17) is 5.73 Å². The average Bonchev–Trinajstić information content (AvgIpc) is 2.60. The van der Waals surface area contributed by atoms with Gasteiger partial charge in [0.15, 0.2) is 0 Å². The lowest BCUT2D eigenvalue weighted by atomic mass is 10.3. The van der Waals surface area contributed by atoms with E-state index >= 15 is 0 Å². The molecular weight excluding hydrogens is 192 g/mol. The minimum Gasteiger partial charge on any atom is -0.354 e. The van der Waals surface area contributed by atoms with Gasteiger partial charge in [0.25, 0.3) is 0 Å². The van der Waals surface area contributed by atoms with Gasteiger partial charge in [-0.2, -0.15) is 0 Å². The van der Waals surface area contributed by atoms with E-state index in [1.54, 1.807) is 12.5 Å². The minimum atomic E-state index is 0.0571. The number of nitrogens with two attached hydrogens (primary N) is 1. The van der Waals surface area contributed by atoms with Crippen LogP contribution in [0.4, 0.5) is 0 Å². The van der Waals surface area contributed by atoms with Crippen LogP contribution in [0.5, 0.6) is 0 Å². The lowest BCUT2D eigenvalue weighted by Crippen LogP contribution is -2.30. The van der Waals surface area contributed by atoms with E-state index in [-0.39, 0.29) is 11.9 Å². The Morgan fingerprint density at radius 2 is 2.40 bits per heavy atom. The second-order valence-corrected chi connectivity index (χ2v) is 3.75. The molecule has 0 fully saturated rings. The third-order valence-electron chi connectivity index (χ3n) is 2.04. The number of hydrogen-bond donors (Lipinski definition) is 2. The van der Waals surface area contributed by atoms with Crippen LogP contribution < -0.4 is 11.1 Å². The van der Waals surface area contributed by atoms with Crippen molar-refractivity contribution in [1.82, 2.24) is 14.9 Å². The highest BCUT2D eigenvalue weighted by atomic mass is 16.1. The quantitative estimate of drug-likeness (QED) is 0.732. The fourth-order valence-electron chi connectivity index (χ4n) is 1.34. The fourth-order valence-corrected chi connectivity index (χ4v) is 1.34. The van der Waals surface area contributed by atoms with E-state index in [1.807, 2.05) is 18.4 Å². The van der Waals surface area contributed by atoms with E-state index in [0.29, 0.717) is 19.5 Å². The highest BCUT2D eigenvalue weighted by Gasteiger charge is 2.05. The first kappa shape index (κ1) is 11.7. The van der Waals surface area contributed by atoms with Gasteiger partial charge in [0, 0.05) is 31.7 Å². The number of hydrogen-bond acceptors (Lipinski definition) is 3. The summed E-state index contributed by atoms with van der Waals surface area (Å²) in [7, 11) is 0. The van der Waals surface area contributed by atoms with Crippen LogP contribution in [0.25, 0.3) is 0 Å². The molecule has 5 heteroatoms. The molecule has 1 amide bonds. The van der Waals surface area contributed by atoms with E-state index in [9.17, 15) is 4.79 Å². The molecular formula is C10H18N4O. The Labute approximate surface area is 89.7 Å². The molecule has 84 valence electrons. The number of imidazole rings is 1. The molecule has 0 spiro atoms. The number of amides is 1. The van der Waals surface area contributed by atoms with Crippen molar-refractivity contribution in [1.29, 1.82) is 0 Å². The van der Waals surface area contributed by atoms with Crippen LogP contribution in [0, 0.1) is 0 Å². The lowest BCUT2D eigenvalue weighted by molar-refractivity contribution is -0.121. The monoisotopic (exact) mass is 210 g/mol. The van der Waals surface area contributed by atoms with Crippen molar-refractivity contribution < 1.29 is 4.79 Å². The van der Waals surface area contributed by atoms with E-state index in [2.05, 4.69) is 10.3 Å². The van der Waals surface area contributed by atoms with E-state index < -0.39 is 0 Å². The molecule has 0 bridgehead atoms. The zero-order valence-electron chi connectivity index (χ0n) is 9.23. The predicted octanol–water partition coefficient (Wildman–Crippen LogP) is 0.256. The topological polar surface area (TPSA) is 72.9 Å². The Hall–Kier alpha value is -1.36. The van der Waals surface area contributed by atoms with Gasteiger partial charge in [-0.05, 0) is 13.8 Å². The molecule has 0 aliphatic carbocycles. The number of rotatable bonds is 5. The van der Waals surface area contributed by atoms with Gasteiger partial charge in [0.1, 0.15) is 0 Å². The summed E-state index contributed by atoms with van der Waals surface area (Å²) in [6.45, 7) is 4.97. The predicted molar refractivity (Wildman–Crippen MR) is 58.0 cm³/mol. The zero-order chi connectivity index (χ0) is 11.3. The van der Waals surface area contributed by atoms with Crippen LogP contribution in [0.2, 0.25) is 0 Å². The lowest BCUT2D eigenvalue weighted by Gasteiger charge is -2.09. The summed E-state index contributed by atoms with van der Waals surface area (Å²) in [4.78, 5) is 15.4. The molecule has 0 unspecified atom stereocenters. The molecule has 0 saturated heterocycles. The first-order valence-corrected chi connectivity index (χ1v) is 5.12. The molecule has 0 aromatic carbocycles. The maximum absolute atomic E-state index is 11.4. The average molecular weight is 210 g/mol. The standard InChI is InChI=1S/C10H18N4O/c1-8(2)13-10(15)3-4-14-7-12-6-9(14)5-11/h6-8H,3-5,11H2,1-2H3,(H,13,15). The first-order valence-electron chi connectivity index (χ1n) is 5.12. The Kier molecular flexibility index (Phi) is 4.30. The Balaban J connectivity index is 2.40. The van der Waals surface area contributed by atoms with Crippen molar-refractivity contribution in [2.24, 2.45) is 5.73 Å². The summed E-state index contributed by atoms with van der Waals surface area (Å²) in [5.74, 6) is 0.0571. The maximum atomic E-state index is 11.4. The molecule has 0 atom stereocenters. The van der Waals surface area contributed by atoms with Crippen LogP contribution in [0.1, 0.15) is 26.0 Å². The van der Waals surface area contributed by atoms with Crippen LogP contribution >= 0.6 is 0 Å². The van der Waals surface area contributed by atoms with Gasteiger partial charge in [0.2, 0.25) is 5.91 Å². The second-order valence-electron chi connectivity index (χ2n) is 3.75. The van der Waals surface area contributed by atoms with Crippen molar-refractivity contribution in [2.45, 2.75) is 39.4 Å². The molecule has 3 N–H and O–H groups in total. The maximum Gasteiger partial charge on any atom is 0.221 e. The molecule has 1 aromatic rings. The molecule has 5 nitrogen and oxygen atoms in total. The third-order valence-corrected chi connectivity index (χ3v) is 2.04. The number of carbonyl (C=O) groups is 1. The highest BCUT2D eigenvalue weighted by Crippen LogP contribution is 1.99. The number of aryl methyl sites for hydroxylation is 1. The van der Waals surface area contributed by atoms with Crippen molar-refractivity contribution in [3.05, 3.63) is 18.2 Å². The van der Waals surface area contributed by atoms with Crippen molar-refractivity contribution in [3.8, 4) is 0 Å². The van der Waals surface area contributed by atoms with Crippen molar-refractivity contribution in [3.63, 3.8) is 0 Å². The zero-order valence-corrected chi connectivity index (χ0v) is 9.23. The Morgan fingerprint density at radius 3 is 3.00 bits per heavy atom. The number of carbonyl (C=O) groups excluding carboxylic acids is 1. The largest absolute Gasteiger partial charge is 0.354 e. The van der Waals surface area contributed by atoms with Gasteiger partial charge < -0.3 is 15.6 Å². The molecule has 0 radical (unpaired) electrons. The second kappa shape index (κ2) is 5.50. The van der Waals surface area contributed by atoms with Gasteiger partial charge in [0.05, 0.1) is 12.0 Å². The minimum absolute atomic E-state index is 0.0571. The Morgan fingerprint density at radius 1 is 1.67 bits per heavy atom. The smallest absolute Gasteiger partial charge is 0.221 e. The summed E-state index contributed by atoms with van der Waals surface area (Å²) in [6.07, 6.45) is 3.88. The van der Waals surface area contributed by atoms with Gasteiger partial charge in [-0.1, -0.05) is 0 Å². The van der Waals surface area contributed by atoms with Gasteiger partial charge in [-0.3, -0.25) is 4.79 Å². The normalized spacial score (nSPS) is 10.7. The number of nitrogens with zero attached hydrogens (tertiary/aromatic N) is 2. The summed E-state index contributed by atoms with van der Waals surface area (Å²) in [6, 6.07) is 0.189. The molecule has 0 aliphatic heterocycles. The third kappa shape index (κ3) is 3.71. The molecule has 1 heterocycles. The van der Waals surface area contributed by atoms with Crippen molar-refractivity contribution >= 4 is 5.91 Å². The fraction of sp³-hybridized carbons (Fsp3) is 0.600. The number of nitrogens with one attached hydrogen (secondary N) is 1. The summed E-state index contributed by atoms with van der Waals surface area (Å²) in [5.41, 5.74) is 6.47.